The number of fused-ring (bicyclic) bond motifs is 1. The smallest absolute Gasteiger partial charge is 0.326 e. The fourth-order valence-corrected chi connectivity index (χ4v) is 2.43. The Hall–Kier alpha value is -2.30. The number of hydrogen-bond donors (Lipinski definition) is 2. The Bertz CT molecular complexity index is 673. The molecular weight excluding hydrogens is 268 g/mol. The van der Waals surface area contributed by atoms with Gasteiger partial charge in [-0.15, -0.1) is 0 Å². The largest absolute Gasteiger partial charge is 0.480 e. The number of carbonyl (C=O) groups is 2. The lowest BCUT2D eigenvalue weighted by Gasteiger charge is -2.18. The molecule has 1 aromatic carbocycles. The summed E-state index contributed by atoms with van der Waals surface area (Å²) in [6.45, 7) is 5.60. The molecule has 0 aliphatic rings. The normalized spacial score (nSPS) is 12.6. The number of aryl methyl sites for hydroxylation is 1. The number of aliphatic carboxylic acids is 1. The highest BCUT2D eigenvalue weighted by molar-refractivity contribution is 5.86. The summed E-state index contributed by atoms with van der Waals surface area (Å²) in [5.74, 6) is -1.46. The van der Waals surface area contributed by atoms with Crippen molar-refractivity contribution in [2.45, 2.75) is 33.4 Å². The number of hydrogen-bond acceptors (Lipinski definition) is 2. The van der Waals surface area contributed by atoms with Crippen LogP contribution in [-0.2, 0) is 16.1 Å². The maximum Gasteiger partial charge on any atom is 0.326 e. The van der Waals surface area contributed by atoms with E-state index in [4.69, 9.17) is 5.11 Å². The third kappa shape index (κ3) is 3.24. The summed E-state index contributed by atoms with van der Waals surface area (Å²) < 4.78 is 1.89. The van der Waals surface area contributed by atoms with Gasteiger partial charge in [0, 0.05) is 11.2 Å². The summed E-state index contributed by atoms with van der Waals surface area (Å²) in [6.07, 6.45) is 0. The molecule has 1 atom stereocenters. The quantitative estimate of drug-likeness (QED) is 0.885. The molecule has 0 aliphatic carbocycles. The second-order valence-electron chi connectivity index (χ2n) is 5.56. The highest BCUT2D eigenvalue weighted by atomic mass is 16.4. The van der Waals surface area contributed by atoms with E-state index in [-0.39, 0.29) is 18.4 Å². The first kappa shape index (κ1) is 15.1. The van der Waals surface area contributed by atoms with Gasteiger partial charge in [0.05, 0.1) is 0 Å². The molecule has 1 amide bonds. The van der Waals surface area contributed by atoms with Crippen LogP contribution in [0.2, 0.25) is 0 Å². The van der Waals surface area contributed by atoms with Crippen molar-refractivity contribution < 1.29 is 14.7 Å². The number of amides is 1. The van der Waals surface area contributed by atoms with E-state index in [0.717, 1.165) is 16.6 Å². The maximum atomic E-state index is 12.1. The van der Waals surface area contributed by atoms with E-state index in [9.17, 15) is 9.59 Å². The van der Waals surface area contributed by atoms with Crippen molar-refractivity contribution in [1.29, 1.82) is 0 Å². The summed E-state index contributed by atoms with van der Waals surface area (Å²) in [5.41, 5.74) is 1.95. The molecule has 0 bridgehead atoms. The minimum Gasteiger partial charge on any atom is -0.480 e. The van der Waals surface area contributed by atoms with Crippen LogP contribution in [0.1, 0.15) is 19.5 Å². The molecule has 0 unspecified atom stereocenters. The predicted octanol–water partition coefficient (Wildman–Crippen LogP) is 2.18. The SMILES string of the molecule is Cc1cc2ccccc2n1CC(=O)N[C@@H](C(=O)O)C(C)C. The van der Waals surface area contributed by atoms with Crippen LogP contribution < -0.4 is 5.32 Å². The van der Waals surface area contributed by atoms with Crippen LogP contribution in [0, 0.1) is 12.8 Å². The highest BCUT2D eigenvalue weighted by Gasteiger charge is 2.23. The number of carbonyl (C=O) groups excluding carboxylic acids is 1. The number of nitrogens with one attached hydrogen (secondary N) is 1. The fraction of sp³-hybridized carbons (Fsp3) is 0.375. The molecule has 0 aliphatic heterocycles. The van der Waals surface area contributed by atoms with Gasteiger partial charge in [-0.3, -0.25) is 4.79 Å². The Balaban J connectivity index is 2.18. The van der Waals surface area contributed by atoms with Crippen LogP contribution >= 0.6 is 0 Å². The minimum atomic E-state index is -1.01. The fourth-order valence-electron chi connectivity index (χ4n) is 2.43. The Labute approximate surface area is 123 Å². The molecule has 2 rings (SSSR count). The molecule has 0 saturated carbocycles. The van der Waals surface area contributed by atoms with Crippen LogP contribution in [0.15, 0.2) is 30.3 Å². The Kier molecular flexibility index (Phi) is 4.31. The molecule has 21 heavy (non-hydrogen) atoms. The Morgan fingerprint density at radius 2 is 1.95 bits per heavy atom. The Morgan fingerprint density at radius 1 is 1.29 bits per heavy atom. The summed E-state index contributed by atoms with van der Waals surface area (Å²) in [6, 6.07) is 8.97. The van der Waals surface area contributed by atoms with Crippen molar-refractivity contribution in [3.05, 3.63) is 36.0 Å². The van der Waals surface area contributed by atoms with E-state index in [1.54, 1.807) is 13.8 Å². The maximum absolute atomic E-state index is 12.1. The molecular formula is C16H20N2O3. The number of para-hydroxylation sites is 1. The van der Waals surface area contributed by atoms with Gasteiger partial charge in [-0.25, -0.2) is 4.79 Å². The molecule has 0 radical (unpaired) electrons. The predicted molar refractivity (Wildman–Crippen MR) is 81.1 cm³/mol. The monoisotopic (exact) mass is 288 g/mol. The van der Waals surface area contributed by atoms with Crippen LogP contribution in [0.3, 0.4) is 0 Å². The van der Waals surface area contributed by atoms with Crippen LogP contribution in [0.5, 0.6) is 0 Å². The van der Waals surface area contributed by atoms with E-state index in [2.05, 4.69) is 5.32 Å². The van der Waals surface area contributed by atoms with Crippen molar-refractivity contribution in [3.63, 3.8) is 0 Å². The van der Waals surface area contributed by atoms with Gasteiger partial charge in [-0.2, -0.15) is 0 Å². The molecule has 1 heterocycles. The zero-order valence-corrected chi connectivity index (χ0v) is 12.5. The summed E-state index contributed by atoms with van der Waals surface area (Å²) in [7, 11) is 0. The standard InChI is InChI=1S/C16H20N2O3/c1-10(2)15(16(20)21)17-14(19)9-18-11(3)8-12-6-4-5-7-13(12)18/h4-8,10,15H,9H2,1-3H3,(H,17,19)(H,20,21)/t15-/m1/s1. The van der Waals surface area contributed by atoms with Gasteiger partial charge in [-0.1, -0.05) is 32.0 Å². The molecule has 1 aromatic heterocycles. The van der Waals surface area contributed by atoms with Gasteiger partial charge >= 0.3 is 5.97 Å². The number of aromatic nitrogens is 1. The second-order valence-corrected chi connectivity index (χ2v) is 5.56. The van der Waals surface area contributed by atoms with Crippen molar-refractivity contribution in [2.24, 2.45) is 5.92 Å². The van der Waals surface area contributed by atoms with E-state index in [1.165, 1.54) is 0 Å². The van der Waals surface area contributed by atoms with Crippen molar-refractivity contribution >= 4 is 22.8 Å². The van der Waals surface area contributed by atoms with Crippen LogP contribution in [0.25, 0.3) is 10.9 Å². The Morgan fingerprint density at radius 3 is 2.57 bits per heavy atom. The van der Waals surface area contributed by atoms with Gasteiger partial charge in [0.15, 0.2) is 0 Å². The van der Waals surface area contributed by atoms with Gasteiger partial charge in [0.1, 0.15) is 12.6 Å². The summed E-state index contributed by atoms with van der Waals surface area (Å²) >= 11 is 0. The lowest BCUT2D eigenvalue weighted by molar-refractivity contribution is -0.143. The highest BCUT2D eigenvalue weighted by Crippen LogP contribution is 2.18. The third-order valence-corrected chi connectivity index (χ3v) is 3.57. The average Bonchev–Trinajstić information content (AvgIpc) is 2.72. The van der Waals surface area contributed by atoms with E-state index >= 15 is 0 Å². The second kappa shape index (κ2) is 5.99. The van der Waals surface area contributed by atoms with E-state index in [0.29, 0.717) is 0 Å². The van der Waals surface area contributed by atoms with E-state index in [1.807, 2.05) is 41.8 Å². The zero-order chi connectivity index (χ0) is 15.6. The van der Waals surface area contributed by atoms with Crippen LogP contribution in [-0.4, -0.2) is 27.6 Å². The van der Waals surface area contributed by atoms with Gasteiger partial charge in [-0.05, 0) is 30.4 Å². The van der Waals surface area contributed by atoms with Gasteiger partial charge in [0.25, 0.3) is 0 Å². The van der Waals surface area contributed by atoms with Crippen molar-refractivity contribution in [2.75, 3.05) is 0 Å². The molecule has 2 N–H and O–H groups in total. The number of benzene rings is 1. The number of nitrogens with zero attached hydrogens (tertiary/aromatic N) is 1. The molecule has 112 valence electrons. The van der Waals surface area contributed by atoms with Crippen molar-refractivity contribution in [3.8, 4) is 0 Å². The lowest BCUT2D eigenvalue weighted by Crippen LogP contribution is -2.45. The van der Waals surface area contributed by atoms with Crippen molar-refractivity contribution in [1.82, 2.24) is 9.88 Å². The zero-order valence-electron chi connectivity index (χ0n) is 12.5. The minimum absolute atomic E-state index is 0.121. The summed E-state index contributed by atoms with van der Waals surface area (Å²) in [4.78, 5) is 23.3. The molecule has 0 spiro atoms. The molecule has 5 heteroatoms. The first-order chi connectivity index (χ1) is 9.90. The first-order valence-corrected chi connectivity index (χ1v) is 6.97. The lowest BCUT2D eigenvalue weighted by atomic mass is 10.1. The van der Waals surface area contributed by atoms with Crippen LogP contribution in [0.4, 0.5) is 0 Å². The number of carboxylic acid groups (broad SMARTS) is 1. The number of carboxylic acids is 1. The molecule has 0 fully saturated rings. The molecule has 2 aromatic rings. The summed E-state index contributed by atoms with van der Waals surface area (Å²) in [5, 5.41) is 12.8. The topological polar surface area (TPSA) is 71.3 Å². The number of rotatable bonds is 5. The molecule has 5 nitrogen and oxygen atoms in total. The average molecular weight is 288 g/mol. The third-order valence-electron chi connectivity index (χ3n) is 3.57. The van der Waals surface area contributed by atoms with E-state index < -0.39 is 12.0 Å². The van der Waals surface area contributed by atoms with Gasteiger partial charge in [0.2, 0.25) is 5.91 Å². The first-order valence-electron chi connectivity index (χ1n) is 6.97. The molecule has 0 saturated heterocycles. The van der Waals surface area contributed by atoms with Gasteiger partial charge < -0.3 is 15.0 Å².